The quantitative estimate of drug-likeness (QED) is 0.475. The zero-order chi connectivity index (χ0) is 15.3. The average Bonchev–Trinajstić information content (AvgIpc) is 2.35. The monoisotopic (exact) mass is 288 g/mol. The molecule has 0 aliphatic rings. The Morgan fingerprint density at radius 1 is 1.30 bits per heavy atom. The first kappa shape index (κ1) is 15.7. The zero-order valence-electron chi connectivity index (χ0n) is 10.5. The summed E-state index contributed by atoms with van der Waals surface area (Å²) in [4.78, 5) is 22.9. The highest BCUT2D eigenvalue weighted by atomic mass is 19.4. The van der Waals surface area contributed by atoms with Crippen LogP contribution in [-0.4, -0.2) is 25.2 Å². The molecule has 0 aliphatic heterocycles. The van der Waals surface area contributed by atoms with Crippen molar-refractivity contribution in [2.75, 3.05) is 7.11 Å². The van der Waals surface area contributed by atoms with Crippen molar-refractivity contribution >= 4 is 11.8 Å². The van der Waals surface area contributed by atoms with E-state index in [4.69, 9.17) is 0 Å². The van der Waals surface area contributed by atoms with Gasteiger partial charge in [0.15, 0.2) is 5.78 Å². The van der Waals surface area contributed by atoms with Crippen LogP contribution < -0.4 is 4.74 Å². The molecule has 0 spiro atoms. The van der Waals surface area contributed by atoms with E-state index >= 15 is 0 Å². The molecule has 0 aromatic heterocycles. The number of hydrogen-bond donors (Lipinski definition) is 0. The van der Waals surface area contributed by atoms with Crippen molar-refractivity contribution < 1.29 is 32.2 Å². The first-order chi connectivity index (χ1) is 9.23. The molecule has 108 valence electrons. The van der Waals surface area contributed by atoms with Gasteiger partial charge in [-0.1, -0.05) is 18.7 Å². The lowest BCUT2D eigenvalue weighted by atomic mass is 10.0. The van der Waals surface area contributed by atoms with Crippen molar-refractivity contribution in [1.82, 2.24) is 0 Å². The van der Waals surface area contributed by atoms with E-state index < -0.39 is 23.9 Å². The summed E-state index contributed by atoms with van der Waals surface area (Å²) in [5.74, 6) is -1.82. The van der Waals surface area contributed by atoms with E-state index in [0.717, 1.165) is 19.2 Å². The van der Waals surface area contributed by atoms with Crippen LogP contribution in [0.25, 0.3) is 0 Å². The summed E-state index contributed by atoms with van der Waals surface area (Å²) in [7, 11) is 1.13. The minimum absolute atomic E-state index is 0.0168. The van der Waals surface area contributed by atoms with Gasteiger partial charge in [0.05, 0.1) is 7.11 Å². The highest BCUT2D eigenvalue weighted by molar-refractivity contribution is 6.03. The standard InChI is InChI=1S/C13H11F3O4/c1-8(12(18)19-2)6-11(17)9-4-3-5-10(7-9)20-13(14,15)16/h3-5,7H,1,6H2,2H3. The minimum Gasteiger partial charge on any atom is -0.466 e. The highest BCUT2D eigenvalue weighted by Crippen LogP contribution is 2.24. The Morgan fingerprint density at radius 2 is 1.95 bits per heavy atom. The van der Waals surface area contributed by atoms with Crippen molar-refractivity contribution in [3.8, 4) is 5.75 Å². The Hall–Kier alpha value is -2.31. The highest BCUT2D eigenvalue weighted by Gasteiger charge is 2.31. The first-order valence-electron chi connectivity index (χ1n) is 5.38. The van der Waals surface area contributed by atoms with Gasteiger partial charge in [0, 0.05) is 17.6 Å². The summed E-state index contributed by atoms with van der Waals surface area (Å²) in [5.41, 5.74) is -0.101. The van der Waals surface area contributed by atoms with E-state index in [1.54, 1.807) is 0 Å². The number of esters is 1. The molecule has 0 atom stereocenters. The van der Waals surface area contributed by atoms with Crippen molar-refractivity contribution in [3.63, 3.8) is 0 Å². The fourth-order valence-electron chi connectivity index (χ4n) is 1.38. The van der Waals surface area contributed by atoms with Crippen molar-refractivity contribution in [2.24, 2.45) is 0 Å². The molecule has 0 saturated heterocycles. The lowest BCUT2D eigenvalue weighted by Crippen LogP contribution is -2.17. The molecule has 0 unspecified atom stereocenters. The number of methoxy groups -OCH3 is 1. The number of carbonyl (C=O) groups excluding carboxylic acids is 2. The second-order valence-corrected chi connectivity index (χ2v) is 3.77. The Labute approximate surface area is 112 Å². The maximum absolute atomic E-state index is 12.1. The topological polar surface area (TPSA) is 52.6 Å². The summed E-state index contributed by atoms with van der Waals surface area (Å²) >= 11 is 0. The summed E-state index contributed by atoms with van der Waals surface area (Å²) in [6.07, 6.45) is -5.18. The molecule has 0 fully saturated rings. The van der Waals surface area contributed by atoms with Gasteiger partial charge in [0.25, 0.3) is 0 Å². The molecule has 0 saturated carbocycles. The summed E-state index contributed by atoms with van der Waals surface area (Å²) in [5, 5.41) is 0. The molecule has 7 heteroatoms. The Kier molecular flexibility index (Phi) is 4.90. The average molecular weight is 288 g/mol. The molecular formula is C13H11F3O4. The third-order valence-electron chi connectivity index (χ3n) is 2.24. The van der Waals surface area contributed by atoms with E-state index in [2.05, 4.69) is 16.1 Å². The number of Topliss-reactive ketones (excluding diaryl/α,β-unsaturated/α-hetero) is 1. The van der Waals surface area contributed by atoms with Crippen LogP contribution in [0.2, 0.25) is 0 Å². The summed E-state index contributed by atoms with van der Waals surface area (Å²) < 4.78 is 44.2. The lowest BCUT2D eigenvalue weighted by molar-refractivity contribution is -0.274. The number of carbonyl (C=O) groups is 2. The van der Waals surface area contributed by atoms with Crippen LogP contribution >= 0.6 is 0 Å². The maximum Gasteiger partial charge on any atom is 0.573 e. The van der Waals surface area contributed by atoms with Crippen molar-refractivity contribution in [3.05, 3.63) is 42.0 Å². The fraction of sp³-hybridized carbons (Fsp3) is 0.231. The lowest BCUT2D eigenvalue weighted by Gasteiger charge is -2.09. The Bertz CT molecular complexity index is 535. The van der Waals surface area contributed by atoms with E-state index in [1.807, 2.05) is 0 Å². The van der Waals surface area contributed by atoms with Crippen LogP contribution in [0.4, 0.5) is 13.2 Å². The molecule has 0 amide bonds. The van der Waals surface area contributed by atoms with E-state index in [1.165, 1.54) is 12.1 Å². The maximum atomic E-state index is 12.1. The molecule has 0 aliphatic carbocycles. The molecule has 4 nitrogen and oxygen atoms in total. The summed E-state index contributed by atoms with van der Waals surface area (Å²) in [6, 6.07) is 4.57. The van der Waals surface area contributed by atoms with Crippen LogP contribution in [0.15, 0.2) is 36.4 Å². The van der Waals surface area contributed by atoms with Gasteiger partial charge in [0.2, 0.25) is 0 Å². The molecule has 0 N–H and O–H groups in total. The molecule has 1 aromatic rings. The van der Waals surface area contributed by atoms with Gasteiger partial charge in [-0.2, -0.15) is 0 Å². The van der Waals surface area contributed by atoms with Gasteiger partial charge >= 0.3 is 12.3 Å². The summed E-state index contributed by atoms with van der Waals surface area (Å²) in [6.45, 7) is 3.37. The second kappa shape index (κ2) is 6.23. The molecule has 0 heterocycles. The van der Waals surface area contributed by atoms with Crippen LogP contribution in [-0.2, 0) is 9.53 Å². The SMILES string of the molecule is C=C(CC(=O)c1cccc(OC(F)(F)F)c1)C(=O)OC. The van der Waals surface area contributed by atoms with Gasteiger partial charge in [0.1, 0.15) is 5.75 Å². The van der Waals surface area contributed by atoms with E-state index in [9.17, 15) is 22.8 Å². The predicted octanol–water partition coefficient (Wildman–Crippen LogP) is 2.89. The molecule has 1 aromatic carbocycles. The Balaban J connectivity index is 2.81. The van der Waals surface area contributed by atoms with Gasteiger partial charge < -0.3 is 9.47 Å². The molecule has 0 radical (unpaired) electrons. The van der Waals surface area contributed by atoms with E-state index in [0.29, 0.717) is 0 Å². The third kappa shape index (κ3) is 4.75. The number of rotatable bonds is 5. The largest absolute Gasteiger partial charge is 0.573 e. The molecule has 20 heavy (non-hydrogen) atoms. The molecular weight excluding hydrogens is 277 g/mol. The molecule has 0 bridgehead atoms. The third-order valence-corrected chi connectivity index (χ3v) is 2.24. The number of alkyl halides is 3. The van der Waals surface area contributed by atoms with Crippen LogP contribution in [0.3, 0.4) is 0 Å². The zero-order valence-corrected chi connectivity index (χ0v) is 10.5. The van der Waals surface area contributed by atoms with Gasteiger partial charge in [-0.05, 0) is 12.1 Å². The van der Waals surface area contributed by atoms with Crippen LogP contribution in [0.1, 0.15) is 16.8 Å². The number of ether oxygens (including phenoxy) is 2. The van der Waals surface area contributed by atoms with Crippen molar-refractivity contribution in [1.29, 1.82) is 0 Å². The fourth-order valence-corrected chi connectivity index (χ4v) is 1.38. The number of benzene rings is 1. The number of hydrogen-bond acceptors (Lipinski definition) is 4. The van der Waals surface area contributed by atoms with Crippen molar-refractivity contribution in [2.45, 2.75) is 12.8 Å². The molecule has 1 rings (SSSR count). The smallest absolute Gasteiger partial charge is 0.466 e. The predicted molar refractivity (Wildman–Crippen MR) is 63.2 cm³/mol. The van der Waals surface area contributed by atoms with Gasteiger partial charge in [-0.15, -0.1) is 13.2 Å². The van der Waals surface area contributed by atoms with Crippen LogP contribution in [0, 0.1) is 0 Å². The normalized spacial score (nSPS) is 10.8. The number of ketones is 1. The van der Waals surface area contributed by atoms with Gasteiger partial charge in [-0.25, -0.2) is 4.79 Å². The minimum atomic E-state index is -4.84. The van der Waals surface area contributed by atoms with Gasteiger partial charge in [-0.3, -0.25) is 4.79 Å². The second-order valence-electron chi connectivity index (χ2n) is 3.77. The van der Waals surface area contributed by atoms with E-state index in [-0.39, 0.29) is 17.6 Å². The number of halogens is 3. The first-order valence-corrected chi connectivity index (χ1v) is 5.38. The Morgan fingerprint density at radius 3 is 2.50 bits per heavy atom. The van der Waals surface area contributed by atoms with Crippen LogP contribution in [0.5, 0.6) is 5.75 Å².